The number of alkyl halides is 1. The van der Waals surface area contributed by atoms with Crippen molar-refractivity contribution in [3.63, 3.8) is 0 Å². The molecule has 4 aliphatic rings. The first kappa shape index (κ1) is 40.3. The fourth-order valence-electron chi connectivity index (χ4n) is 7.86. The SMILES string of the molecule is C=C1/C=C\[C@@H](OC(C)=O)[C@@]2(C)[C@@H](OC(C)=O)[C@@H](OC(=O)CC(C)C)[C@@H](OC(=O)CC(C)C)[C@]3(CO3)[C@@H]2[C@H](OC(C)=O)[C@]2(O)[C@@H](C)C(=O)O[C@H]2[C@H]1Cl. The van der Waals surface area contributed by atoms with E-state index in [1.807, 2.05) is 0 Å². The number of carbonyl (C=O) groups is 6. The van der Waals surface area contributed by atoms with Crippen molar-refractivity contribution in [1.82, 2.24) is 0 Å². The van der Waals surface area contributed by atoms with Crippen LogP contribution in [-0.4, -0.2) is 101 Å². The topological polar surface area (TPSA) is 191 Å². The molecule has 2 saturated heterocycles. The average molecular weight is 741 g/mol. The molecule has 3 fully saturated rings. The smallest absolute Gasteiger partial charge is 0.312 e. The summed E-state index contributed by atoms with van der Waals surface area (Å²) in [6.45, 7) is 17.2. The Morgan fingerprint density at radius 2 is 1.41 bits per heavy atom. The molecule has 1 N–H and O–H groups in total. The van der Waals surface area contributed by atoms with Crippen LogP contribution in [0.4, 0.5) is 0 Å². The highest BCUT2D eigenvalue weighted by atomic mass is 35.5. The Bertz CT molecular complexity index is 1470. The van der Waals surface area contributed by atoms with Crippen LogP contribution in [0.1, 0.15) is 75.2 Å². The first-order valence-electron chi connectivity index (χ1n) is 17.1. The molecule has 4 rings (SSSR count). The van der Waals surface area contributed by atoms with E-state index in [2.05, 4.69) is 6.58 Å². The number of aliphatic hydroxyl groups is 1. The Labute approximate surface area is 302 Å². The molecule has 0 aromatic carbocycles. The molecule has 2 aliphatic carbocycles. The lowest BCUT2D eigenvalue weighted by molar-refractivity contribution is -0.281. The van der Waals surface area contributed by atoms with Gasteiger partial charge in [0.25, 0.3) is 0 Å². The summed E-state index contributed by atoms with van der Waals surface area (Å²) in [4.78, 5) is 79.2. The van der Waals surface area contributed by atoms with Crippen molar-refractivity contribution in [3.8, 4) is 0 Å². The van der Waals surface area contributed by atoms with Crippen molar-refractivity contribution >= 4 is 47.4 Å². The van der Waals surface area contributed by atoms with E-state index in [0.717, 1.165) is 20.8 Å². The minimum absolute atomic E-state index is 0.0625. The highest BCUT2D eigenvalue weighted by Crippen LogP contribution is 2.63. The van der Waals surface area contributed by atoms with Gasteiger partial charge in [0.2, 0.25) is 0 Å². The molecule has 284 valence electrons. The molecule has 2 aliphatic heterocycles. The van der Waals surface area contributed by atoms with E-state index in [9.17, 15) is 33.9 Å². The highest BCUT2D eigenvalue weighted by molar-refractivity contribution is 6.23. The quantitative estimate of drug-likeness (QED) is 0.157. The molecule has 0 radical (unpaired) electrons. The first-order chi connectivity index (χ1) is 23.6. The number of halogens is 1. The van der Waals surface area contributed by atoms with Gasteiger partial charge in [-0.3, -0.25) is 28.8 Å². The fourth-order valence-corrected chi connectivity index (χ4v) is 8.18. The standard InChI is InChI=1S/C36H49ClO14/c1-16(2)13-24(41)49-27-30(47-21(8)39)34(10)23(46-20(7)38)12-11-18(5)26(37)29-36(44,19(6)33(43)51-29)32(48-22(9)40)28(34)35(15-45-35)31(27)50-25(42)14-17(3)4/h11-12,16-17,19,23,26-32,44H,5,13-15H2,1-4,6-10H3/b12-11-/t19-,23+,26-,27+,28+,29-,30-,31+,32-,34+,35-,36-/m0/s1. The van der Waals surface area contributed by atoms with Crippen LogP contribution in [-0.2, 0) is 61.9 Å². The van der Waals surface area contributed by atoms with Crippen molar-refractivity contribution < 1.29 is 67.0 Å². The van der Waals surface area contributed by atoms with E-state index in [1.54, 1.807) is 27.7 Å². The van der Waals surface area contributed by atoms with Crippen molar-refractivity contribution in [1.29, 1.82) is 0 Å². The number of hydrogen-bond donors (Lipinski definition) is 1. The van der Waals surface area contributed by atoms with Gasteiger partial charge in [-0.15, -0.1) is 11.6 Å². The largest absolute Gasteiger partial charge is 0.459 e. The molecule has 1 spiro atoms. The van der Waals surface area contributed by atoms with E-state index in [4.69, 9.17) is 44.8 Å². The average Bonchev–Trinajstić information content (AvgIpc) is 3.74. The predicted octanol–water partition coefficient (Wildman–Crippen LogP) is 3.13. The number of carbonyl (C=O) groups excluding carboxylic acids is 6. The summed E-state index contributed by atoms with van der Waals surface area (Å²) >= 11 is 6.84. The van der Waals surface area contributed by atoms with Gasteiger partial charge in [-0.25, -0.2) is 0 Å². The Kier molecular flexibility index (Phi) is 11.7. The first-order valence-corrected chi connectivity index (χ1v) is 17.5. The summed E-state index contributed by atoms with van der Waals surface area (Å²) in [5, 5.41) is 11.6. The van der Waals surface area contributed by atoms with Crippen LogP contribution < -0.4 is 0 Å². The van der Waals surface area contributed by atoms with Gasteiger partial charge in [0.15, 0.2) is 30.0 Å². The number of fused-ring (bicyclic) bond motifs is 3. The van der Waals surface area contributed by atoms with Crippen molar-refractivity contribution in [2.24, 2.45) is 29.1 Å². The number of esters is 6. The maximum atomic E-state index is 13.5. The number of rotatable bonds is 9. The molecule has 2 heterocycles. The lowest BCUT2D eigenvalue weighted by Crippen LogP contribution is -2.76. The van der Waals surface area contributed by atoms with E-state index in [0.29, 0.717) is 0 Å². The van der Waals surface area contributed by atoms with E-state index < -0.39 is 106 Å². The zero-order valence-electron chi connectivity index (χ0n) is 30.5. The summed E-state index contributed by atoms with van der Waals surface area (Å²) in [7, 11) is 0. The van der Waals surface area contributed by atoms with Crippen LogP contribution in [0.3, 0.4) is 0 Å². The maximum absolute atomic E-state index is 13.5. The molecule has 14 nitrogen and oxygen atoms in total. The van der Waals surface area contributed by atoms with Gasteiger partial charge in [-0.05, 0) is 30.4 Å². The Hall–Kier alpha value is -3.49. The Morgan fingerprint density at radius 3 is 1.90 bits per heavy atom. The molecule has 51 heavy (non-hydrogen) atoms. The van der Waals surface area contributed by atoms with Gasteiger partial charge >= 0.3 is 35.8 Å². The summed E-state index contributed by atoms with van der Waals surface area (Å²) in [5.41, 5.74) is -5.90. The molecular formula is C36H49ClO14. The van der Waals surface area contributed by atoms with Crippen LogP contribution in [0.5, 0.6) is 0 Å². The van der Waals surface area contributed by atoms with Gasteiger partial charge < -0.3 is 38.3 Å². The van der Waals surface area contributed by atoms with Crippen LogP contribution in [0.15, 0.2) is 24.3 Å². The second kappa shape index (κ2) is 14.9. The van der Waals surface area contributed by atoms with Crippen molar-refractivity contribution in [2.45, 2.75) is 128 Å². The molecule has 0 aromatic heterocycles. The van der Waals surface area contributed by atoms with E-state index in [1.165, 1.54) is 26.0 Å². The lowest BCUT2D eigenvalue weighted by Gasteiger charge is -2.59. The molecule has 0 unspecified atom stereocenters. The Morgan fingerprint density at radius 1 is 0.902 bits per heavy atom. The third kappa shape index (κ3) is 7.54. The van der Waals surface area contributed by atoms with E-state index >= 15 is 0 Å². The van der Waals surface area contributed by atoms with Gasteiger partial charge in [-0.2, -0.15) is 0 Å². The molecule has 15 heteroatoms. The lowest BCUT2D eigenvalue weighted by atomic mass is 9.51. The van der Waals surface area contributed by atoms with Crippen molar-refractivity contribution in [2.75, 3.05) is 6.61 Å². The normalized spacial score (nSPS) is 39.3. The second-order valence-corrected chi connectivity index (χ2v) is 15.5. The third-order valence-corrected chi connectivity index (χ3v) is 10.7. The molecule has 0 amide bonds. The summed E-state index contributed by atoms with van der Waals surface area (Å²) in [5.74, 6) is -7.97. The molecule has 1 saturated carbocycles. The van der Waals surface area contributed by atoms with Crippen molar-refractivity contribution in [3.05, 3.63) is 24.3 Å². The van der Waals surface area contributed by atoms with Crippen LogP contribution in [0.2, 0.25) is 0 Å². The summed E-state index contributed by atoms with van der Waals surface area (Å²) < 4.78 is 42.0. The molecule has 0 aromatic rings. The summed E-state index contributed by atoms with van der Waals surface area (Å²) in [6, 6.07) is 0. The minimum Gasteiger partial charge on any atom is -0.459 e. The van der Waals surface area contributed by atoms with Gasteiger partial charge in [0.05, 0.1) is 23.3 Å². The minimum atomic E-state index is -2.43. The van der Waals surface area contributed by atoms with E-state index in [-0.39, 0.29) is 36.9 Å². The van der Waals surface area contributed by atoms with Gasteiger partial charge in [-0.1, -0.05) is 47.3 Å². The third-order valence-electron chi connectivity index (χ3n) is 10.1. The number of epoxide rings is 1. The summed E-state index contributed by atoms with van der Waals surface area (Å²) in [6.07, 6.45) is -6.78. The van der Waals surface area contributed by atoms with Crippen LogP contribution in [0.25, 0.3) is 0 Å². The Balaban J connectivity index is 2.15. The number of ether oxygens (including phenoxy) is 7. The maximum Gasteiger partial charge on any atom is 0.312 e. The van der Waals surface area contributed by atoms with Crippen LogP contribution >= 0.6 is 11.6 Å². The molecule has 0 bridgehead atoms. The number of allylic oxidation sites excluding steroid dienone is 1. The zero-order chi connectivity index (χ0) is 38.4. The zero-order valence-corrected chi connectivity index (χ0v) is 31.2. The number of hydrogen-bond acceptors (Lipinski definition) is 14. The van der Waals surface area contributed by atoms with Gasteiger partial charge in [0.1, 0.15) is 17.8 Å². The fraction of sp³-hybridized carbons (Fsp3) is 0.722. The predicted molar refractivity (Wildman–Crippen MR) is 178 cm³/mol. The second-order valence-electron chi connectivity index (χ2n) is 15.0. The molecular weight excluding hydrogens is 692 g/mol. The van der Waals surface area contributed by atoms with Gasteiger partial charge in [0, 0.05) is 39.5 Å². The monoisotopic (exact) mass is 740 g/mol. The highest BCUT2D eigenvalue weighted by Gasteiger charge is 2.81. The van der Waals surface area contributed by atoms with Crippen LogP contribution in [0, 0.1) is 29.1 Å². The molecule has 12 atom stereocenters.